The molecule has 0 aliphatic carbocycles. The van der Waals surface area contributed by atoms with Gasteiger partial charge >= 0.3 is 6.09 Å². The number of amides is 1. The van der Waals surface area contributed by atoms with E-state index in [1.165, 1.54) is 21.9 Å². The molecule has 0 fully saturated rings. The highest BCUT2D eigenvalue weighted by Crippen LogP contribution is 2.33. The summed E-state index contributed by atoms with van der Waals surface area (Å²) in [6.45, 7) is 7.39. The van der Waals surface area contributed by atoms with E-state index in [1.807, 2.05) is 6.07 Å². The second-order valence-corrected chi connectivity index (χ2v) is 9.60. The van der Waals surface area contributed by atoms with E-state index >= 15 is 0 Å². The summed E-state index contributed by atoms with van der Waals surface area (Å²) < 4.78 is 12.6. The Labute approximate surface area is 218 Å². The molecule has 1 amide bonds. The third kappa shape index (κ3) is 5.49. The van der Waals surface area contributed by atoms with E-state index in [4.69, 9.17) is 26.8 Å². The Kier molecular flexibility index (Phi) is 7.04. The van der Waals surface area contributed by atoms with Crippen LogP contribution in [0.25, 0.3) is 22.2 Å². The van der Waals surface area contributed by atoms with Crippen LogP contribution in [0.5, 0.6) is 11.5 Å². The smallest absolute Gasteiger partial charge is 0.417 e. The van der Waals surface area contributed by atoms with Crippen molar-refractivity contribution in [3.8, 4) is 22.8 Å². The maximum atomic E-state index is 13.2. The number of halogens is 1. The van der Waals surface area contributed by atoms with Crippen LogP contribution < -0.4 is 20.9 Å². The minimum Gasteiger partial charge on any atom is -0.456 e. The first-order chi connectivity index (χ1) is 17.5. The second-order valence-electron chi connectivity index (χ2n) is 9.22. The lowest BCUT2D eigenvalue weighted by Gasteiger charge is -2.26. The minimum atomic E-state index is -0.679. The predicted molar refractivity (Wildman–Crippen MR) is 143 cm³/mol. The lowest BCUT2D eigenvalue weighted by Crippen LogP contribution is -2.40. The molecule has 0 bridgehead atoms. The Hall–Kier alpha value is -4.18. The number of carbonyl (C=O) groups is 1. The van der Waals surface area contributed by atoms with E-state index in [0.717, 1.165) is 5.39 Å². The van der Waals surface area contributed by atoms with Gasteiger partial charge in [-0.1, -0.05) is 17.7 Å². The normalized spacial score (nSPS) is 11.4. The zero-order valence-corrected chi connectivity index (χ0v) is 21.9. The van der Waals surface area contributed by atoms with Gasteiger partial charge in [0.1, 0.15) is 22.2 Å². The van der Waals surface area contributed by atoms with Crippen LogP contribution in [0.2, 0.25) is 5.02 Å². The standard InChI is InChI=1S/C26H27ClN6O4/c1-6-33(25(35)37-26(2,3)4)24-30-14-17(23(34)32(24)5)19-9-7-15-13-16(8-10-18(15)31-19)36-20-11-12-29-22(28)21(20)27/h7-14H,6H2,1-5H3,(H2,28,29). The van der Waals surface area contributed by atoms with E-state index in [0.29, 0.717) is 28.3 Å². The van der Waals surface area contributed by atoms with Crippen molar-refractivity contribution in [3.63, 3.8) is 0 Å². The number of pyridine rings is 2. The van der Waals surface area contributed by atoms with Gasteiger partial charge in [-0.25, -0.2) is 24.6 Å². The topological polar surface area (TPSA) is 125 Å². The molecule has 10 nitrogen and oxygen atoms in total. The third-order valence-electron chi connectivity index (χ3n) is 5.36. The fourth-order valence-corrected chi connectivity index (χ4v) is 3.75. The van der Waals surface area contributed by atoms with Crippen molar-refractivity contribution in [2.24, 2.45) is 7.05 Å². The summed E-state index contributed by atoms with van der Waals surface area (Å²) >= 11 is 6.17. The zero-order chi connectivity index (χ0) is 26.9. The molecule has 4 aromatic rings. The highest BCUT2D eigenvalue weighted by Gasteiger charge is 2.25. The summed E-state index contributed by atoms with van der Waals surface area (Å²) in [6, 6.07) is 10.5. The monoisotopic (exact) mass is 522 g/mol. The molecule has 0 saturated carbocycles. The van der Waals surface area contributed by atoms with Crippen molar-refractivity contribution in [1.29, 1.82) is 0 Å². The Morgan fingerprint density at radius 2 is 1.92 bits per heavy atom. The second kappa shape index (κ2) is 10.1. The number of rotatable bonds is 5. The van der Waals surface area contributed by atoms with E-state index in [-0.39, 0.29) is 28.9 Å². The van der Waals surface area contributed by atoms with E-state index in [2.05, 4.69) is 15.0 Å². The molecule has 3 aromatic heterocycles. The van der Waals surface area contributed by atoms with Gasteiger partial charge in [0.15, 0.2) is 5.75 Å². The van der Waals surface area contributed by atoms with Gasteiger partial charge < -0.3 is 15.2 Å². The number of benzene rings is 1. The summed E-state index contributed by atoms with van der Waals surface area (Å²) in [5.41, 5.74) is 6.12. The SMILES string of the molecule is CCN(C(=O)OC(C)(C)C)c1ncc(-c2ccc3cc(Oc4ccnc(N)c4Cl)ccc3n2)c(=O)n1C. The number of carbonyl (C=O) groups excluding carboxylic acids is 1. The van der Waals surface area contributed by atoms with Gasteiger partial charge in [-0.3, -0.25) is 9.36 Å². The molecule has 0 saturated heterocycles. The molecule has 4 rings (SSSR count). The van der Waals surface area contributed by atoms with Crippen LogP contribution in [0.4, 0.5) is 16.6 Å². The first-order valence-corrected chi connectivity index (χ1v) is 11.9. The van der Waals surface area contributed by atoms with E-state index < -0.39 is 11.7 Å². The van der Waals surface area contributed by atoms with Crippen molar-refractivity contribution in [2.45, 2.75) is 33.3 Å². The molecule has 1 aromatic carbocycles. The van der Waals surface area contributed by atoms with Gasteiger partial charge in [0.05, 0.1) is 16.8 Å². The summed E-state index contributed by atoms with van der Waals surface area (Å²) in [5.74, 6) is 1.29. The van der Waals surface area contributed by atoms with Gasteiger partial charge in [0.25, 0.3) is 5.56 Å². The summed E-state index contributed by atoms with van der Waals surface area (Å²) in [6.07, 6.45) is 2.35. The van der Waals surface area contributed by atoms with Crippen LogP contribution in [-0.4, -0.2) is 37.8 Å². The molecular formula is C26H27ClN6O4. The fraction of sp³-hybridized carbons (Fsp3) is 0.269. The average molecular weight is 523 g/mol. The Balaban J connectivity index is 1.64. The van der Waals surface area contributed by atoms with Gasteiger partial charge in [0.2, 0.25) is 5.95 Å². The lowest BCUT2D eigenvalue weighted by atomic mass is 10.1. The highest BCUT2D eigenvalue weighted by atomic mass is 35.5. The molecule has 0 aliphatic heterocycles. The number of nitrogen functional groups attached to an aromatic ring is 1. The maximum Gasteiger partial charge on any atom is 0.417 e. The van der Waals surface area contributed by atoms with Crippen molar-refractivity contribution < 1.29 is 14.3 Å². The molecule has 0 spiro atoms. The fourth-order valence-electron chi connectivity index (χ4n) is 3.60. The predicted octanol–water partition coefficient (Wildman–Crippen LogP) is 5.18. The van der Waals surface area contributed by atoms with Gasteiger partial charge in [0, 0.05) is 37.4 Å². The molecule has 0 unspecified atom stereocenters. The summed E-state index contributed by atoms with van der Waals surface area (Å²) in [5, 5.41) is 1.03. The first kappa shape index (κ1) is 25.9. The maximum absolute atomic E-state index is 13.2. The van der Waals surface area contributed by atoms with E-state index in [1.54, 1.807) is 65.1 Å². The summed E-state index contributed by atoms with van der Waals surface area (Å²) in [7, 11) is 1.56. The lowest BCUT2D eigenvalue weighted by molar-refractivity contribution is 0.0578. The summed E-state index contributed by atoms with van der Waals surface area (Å²) in [4.78, 5) is 40.1. The van der Waals surface area contributed by atoms with Crippen molar-refractivity contribution in [1.82, 2.24) is 19.5 Å². The van der Waals surface area contributed by atoms with Crippen molar-refractivity contribution in [3.05, 3.63) is 64.2 Å². The number of nitrogens with two attached hydrogens (primary N) is 1. The van der Waals surface area contributed by atoms with Crippen LogP contribution in [0.1, 0.15) is 27.7 Å². The quantitative estimate of drug-likeness (QED) is 0.380. The molecular weight excluding hydrogens is 496 g/mol. The number of hydrogen-bond donors (Lipinski definition) is 1. The highest BCUT2D eigenvalue weighted by molar-refractivity contribution is 6.34. The Morgan fingerprint density at radius 3 is 2.62 bits per heavy atom. The number of fused-ring (bicyclic) bond motifs is 1. The number of aromatic nitrogens is 4. The minimum absolute atomic E-state index is 0.181. The van der Waals surface area contributed by atoms with E-state index in [9.17, 15) is 9.59 Å². The Bertz CT molecular complexity index is 1550. The number of hydrogen-bond acceptors (Lipinski definition) is 8. The first-order valence-electron chi connectivity index (χ1n) is 11.5. The third-order valence-corrected chi connectivity index (χ3v) is 5.74. The molecule has 0 atom stereocenters. The van der Waals surface area contributed by atoms with Gasteiger partial charge in [-0.2, -0.15) is 0 Å². The number of nitrogens with zero attached hydrogens (tertiary/aromatic N) is 5. The van der Waals surface area contributed by atoms with Crippen molar-refractivity contribution in [2.75, 3.05) is 17.2 Å². The molecule has 0 radical (unpaired) electrons. The zero-order valence-electron chi connectivity index (χ0n) is 21.2. The van der Waals surface area contributed by atoms with Crippen LogP contribution in [0, 0.1) is 0 Å². The van der Waals surface area contributed by atoms with Gasteiger partial charge in [-0.15, -0.1) is 0 Å². The molecule has 0 aliphatic rings. The molecule has 37 heavy (non-hydrogen) atoms. The molecule has 3 heterocycles. The molecule has 2 N–H and O–H groups in total. The van der Waals surface area contributed by atoms with Crippen LogP contribution in [-0.2, 0) is 11.8 Å². The largest absolute Gasteiger partial charge is 0.456 e. The van der Waals surface area contributed by atoms with Crippen LogP contribution in [0.15, 0.2) is 53.6 Å². The van der Waals surface area contributed by atoms with Crippen LogP contribution in [0.3, 0.4) is 0 Å². The average Bonchev–Trinajstić information content (AvgIpc) is 2.84. The van der Waals surface area contributed by atoms with Crippen LogP contribution >= 0.6 is 11.6 Å². The molecule has 192 valence electrons. The number of ether oxygens (including phenoxy) is 2. The van der Waals surface area contributed by atoms with Crippen molar-refractivity contribution >= 4 is 40.4 Å². The Morgan fingerprint density at radius 1 is 1.16 bits per heavy atom. The number of anilines is 2. The van der Waals surface area contributed by atoms with Gasteiger partial charge in [-0.05, 0) is 52.0 Å². The molecule has 11 heteroatoms.